The summed E-state index contributed by atoms with van der Waals surface area (Å²) in [5.74, 6) is 0.400. The van der Waals surface area contributed by atoms with Crippen LogP contribution >= 0.6 is 23.2 Å². The number of amides is 2. The van der Waals surface area contributed by atoms with Gasteiger partial charge in [-0.05, 0) is 30.2 Å². The molecule has 2 aromatic carbocycles. The summed E-state index contributed by atoms with van der Waals surface area (Å²) in [5.41, 5.74) is 2.24. The van der Waals surface area contributed by atoms with Gasteiger partial charge in [-0.1, -0.05) is 41.4 Å². The molecule has 158 valence electrons. The lowest BCUT2D eigenvalue weighted by molar-refractivity contribution is -0.135. The standard InChI is InChI=1S/C22H23Cl2N3O3/c23-17-5-6-18(24)20(13-17)30-15-22(29)26-11-9-25(10-12-26)14-21(28)27-8-7-16-3-1-2-4-19(16)27/h1-6,13H,7-12,14-15H2. The van der Waals surface area contributed by atoms with Gasteiger partial charge in [-0.2, -0.15) is 0 Å². The van der Waals surface area contributed by atoms with Gasteiger partial charge in [0.1, 0.15) is 5.75 Å². The van der Waals surface area contributed by atoms with Gasteiger partial charge in [-0.25, -0.2) is 0 Å². The van der Waals surface area contributed by atoms with Crippen molar-refractivity contribution in [1.82, 2.24) is 9.80 Å². The minimum Gasteiger partial charge on any atom is -0.482 e. The molecule has 4 rings (SSSR count). The van der Waals surface area contributed by atoms with Crippen molar-refractivity contribution in [3.8, 4) is 5.75 Å². The van der Waals surface area contributed by atoms with Crippen LogP contribution in [-0.2, 0) is 16.0 Å². The van der Waals surface area contributed by atoms with Crippen LogP contribution in [0.5, 0.6) is 5.75 Å². The summed E-state index contributed by atoms with van der Waals surface area (Å²) in [6, 6.07) is 12.9. The Bertz CT molecular complexity index is 945. The molecule has 2 aliphatic rings. The van der Waals surface area contributed by atoms with Crippen molar-refractivity contribution < 1.29 is 14.3 Å². The number of para-hydroxylation sites is 1. The Kier molecular flexibility index (Phi) is 6.46. The Morgan fingerprint density at radius 2 is 1.70 bits per heavy atom. The molecule has 0 aliphatic carbocycles. The summed E-state index contributed by atoms with van der Waals surface area (Å²) >= 11 is 12.0. The monoisotopic (exact) mass is 447 g/mol. The third-order valence-electron chi connectivity index (χ3n) is 5.52. The van der Waals surface area contributed by atoms with Crippen molar-refractivity contribution in [2.45, 2.75) is 6.42 Å². The molecule has 0 aromatic heterocycles. The number of fused-ring (bicyclic) bond motifs is 1. The van der Waals surface area contributed by atoms with Crippen LogP contribution in [0.1, 0.15) is 5.56 Å². The molecular weight excluding hydrogens is 425 g/mol. The molecular formula is C22H23Cl2N3O3. The van der Waals surface area contributed by atoms with Gasteiger partial charge < -0.3 is 14.5 Å². The number of rotatable bonds is 5. The first-order valence-corrected chi connectivity index (χ1v) is 10.7. The number of nitrogens with zero attached hydrogens (tertiary/aromatic N) is 3. The van der Waals surface area contributed by atoms with E-state index in [-0.39, 0.29) is 18.4 Å². The average molecular weight is 448 g/mol. The van der Waals surface area contributed by atoms with Gasteiger partial charge >= 0.3 is 0 Å². The second-order valence-electron chi connectivity index (χ2n) is 7.44. The molecule has 0 saturated carbocycles. The van der Waals surface area contributed by atoms with E-state index in [2.05, 4.69) is 11.0 Å². The largest absolute Gasteiger partial charge is 0.482 e. The van der Waals surface area contributed by atoms with E-state index in [1.165, 1.54) is 5.56 Å². The van der Waals surface area contributed by atoms with Gasteiger partial charge in [0.25, 0.3) is 5.91 Å². The van der Waals surface area contributed by atoms with Gasteiger partial charge in [0.05, 0.1) is 11.6 Å². The van der Waals surface area contributed by atoms with E-state index >= 15 is 0 Å². The van der Waals surface area contributed by atoms with Gasteiger partial charge in [0, 0.05) is 49.5 Å². The van der Waals surface area contributed by atoms with E-state index < -0.39 is 0 Å². The second-order valence-corrected chi connectivity index (χ2v) is 8.29. The third kappa shape index (κ3) is 4.72. The lowest BCUT2D eigenvalue weighted by Crippen LogP contribution is -2.52. The predicted octanol–water partition coefficient (Wildman–Crippen LogP) is 3.11. The smallest absolute Gasteiger partial charge is 0.260 e. The van der Waals surface area contributed by atoms with Gasteiger partial charge in [0.2, 0.25) is 5.91 Å². The predicted molar refractivity (Wildman–Crippen MR) is 117 cm³/mol. The zero-order chi connectivity index (χ0) is 21.1. The Labute approximate surface area is 185 Å². The molecule has 0 N–H and O–H groups in total. The van der Waals surface area contributed by atoms with E-state index in [4.69, 9.17) is 27.9 Å². The highest BCUT2D eigenvalue weighted by Gasteiger charge is 2.28. The maximum absolute atomic E-state index is 12.8. The molecule has 30 heavy (non-hydrogen) atoms. The van der Waals surface area contributed by atoms with E-state index in [1.54, 1.807) is 23.1 Å². The first-order chi connectivity index (χ1) is 14.5. The minimum atomic E-state index is -0.106. The van der Waals surface area contributed by atoms with Crippen LogP contribution < -0.4 is 9.64 Å². The lowest BCUT2D eigenvalue weighted by Gasteiger charge is -2.35. The Hall–Kier alpha value is -2.28. The SMILES string of the molecule is O=C(COc1cc(Cl)ccc1Cl)N1CCN(CC(=O)N2CCc3ccccc32)CC1. The highest BCUT2D eigenvalue weighted by molar-refractivity contribution is 6.34. The Morgan fingerprint density at radius 3 is 2.50 bits per heavy atom. The fourth-order valence-corrected chi connectivity index (χ4v) is 4.18. The number of benzene rings is 2. The quantitative estimate of drug-likeness (QED) is 0.706. The number of hydrogen-bond donors (Lipinski definition) is 0. The van der Waals surface area contributed by atoms with E-state index in [0.29, 0.717) is 48.5 Å². The van der Waals surface area contributed by atoms with Crippen LogP contribution in [0.25, 0.3) is 0 Å². The summed E-state index contributed by atoms with van der Waals surface area (Å²) < 4.78 is 5.54. The molecule has 1 saturated heterocycles. The molecule has 2 aliphatic heterocycles. The molecule has 0 spiro atoms. The number of carbonyl (C=O) groups is 2. The van der Waals surface area contributed by atoms with Crippen LogP contribution in [0.2, 0.25) is 10.0 Å². The highest BCUT2D eigenvalue weighted by Crippen LogP contribution is 2.28. The van der Waals surface area contributed by atoms with Crippen molar-refractivity contribution in [3.63, 3.8) is 0 Å². The first kappa shape index (κ1) is 21.0. The van der Waals surface area contributed by atoms with E-state index in [1.807, 2.05) is 23.1 Å². The molecule has 0 bridgehead atoms. The van der Waals surface area contributed by atoms with Crippen molar-refractivity contribution >= 4 is 40.7 Å². The maximum atomic E-state index is 12.8. The summed E-state index contributed by atoms with van der Waals surface area (Å²) in [6.45, 7) is 3.45. The molecule has 0 radical (unpaired) electrons. The van der Waals surface area contributed by atoms with Crippen LogP contribution in [0, 0.1) is 0 Å². The summed E-state index contributed by atoms with van der Waals surface area (Å²) in [5, 5.41) is 0.916. The summed E-state index contributed by atoms with van der Waals surface area (Å²) in [4.78, 5) is 31.0. The molecule has 8 heteroatoms. The van der Waals surface area contributed by atoms with Crippen molar-refractivity contribution in [2.24, 2.45) is 0 Å². The molecule has 2 heterocycles. The molecule has 1 fully saturated rings. The number of carbonyl (C=O) groups excluding carboxylic acids is 2. The number of anilines is 1. The zero-order valence-corrected chi connectivity index (χ0v) is 18.0. The van der Waals surface area contributed by atoms with Crippen molar-refractivity contribution in [1.29, 1.82) is 0 Å². The van der Waals surface area contributed by atoms with Crippen LogP contribution in [-0.4, -0.2) is 67.5 Å². The minimum absolute atomic E-state index is 0.0937. The number of piperazine rings is 1. The van der Waals surface area contributed by atoms with Crippen molar-refractivity contribution in [3.05, 3.63) is 58.1 Å². The number of halogens is 2. The molecule has 2 amide bonds. The van der Waals surface area contributed by atoms with E-state index in [0.717, 1.165) is 18.7 Å². The number of hydrogen-bond acceptors (Lipinski definition) is 4. The van der Waals surface area contributed by atoms with E-state index in [9.17, 15) is 9.59 Å². The zero-order valence-electron chi connectivity index (χ0n) is 16.5. The molecule has 0 atom stereocenters. The lowest BCUT2D eigenvalue weighted by atomic mass is 10.2. The average Bonchev–Trinajstić information content (AvgIpc) is 3.19. The maximum Gasteiger partial charge on any atom is 0.260 e. The van der Waals surface area contributed by atoms with Crippen LogP contribution in [0.3, 0.4) is 0 Å². The number of ether oxygens (including phenoxy) is 1. The van der Waals surface area contributed by atoms with Crippen LogP contribution in [0.4, 0.5) is 5.69 Å². The summed E-state index contributed by atoms with van der Waals surface area (Å²) in [7, 11) is 0. The van der Waals surface area contributed by atoms with Crippen molar-refractivity contribution in [2.75, 3.05) is 50.8 Å². The summed E-state index contributed by atoms with van der Waals surface area (Å²) in [6.07, 6.45) is 0.904. The van der Waals surface area contributed by atoms with Gasteiger partial charge in [-0.15, -0.1) is 0 Å². The Morgan fingerprint density at radius 1 is 0.933 bits per heavy atom. The molecule has 2 aromatic rings. The third-order valence-corrected chi connectivity index (χ3v) is 6.06. The first-order valence-electron chi connectivity index (χ1n) is 9.97. The topological polar surface area (TPSA) is 53.1 Å². The highest BCUT2D eigenvalue weighted by atomic mass is 35.5. The fourth-order valence-electron chi connectivity index (χ4n) is 3.85. The van der Waals surface area contributed by atoms with Gasteiger partial charge in [-0.3, -0.25) is 14.5 Å². The van der Waals surface area contributed by atoms with Gasteiger partial charge in [0.15, 0.2) is 6.61 Å². The Balaban J connectivity index is 1.24. The molecule has 6 nitrogen and oxygen atoms in total. The fraction of sp³-hybridized carbons (Fsp3) is 0.364. The normalized spacial score (nSPS) is 16.5. The molecule has 0 unspecified atom stereocenters. The van der Waals surface area contributed by atoms with Crippen LogP contribution in [0.15, 0.2) is 42.5 Å². The second kappa shape index (κ2) is 9.25.